The van der Waals surface area contributed by atoms with E-state index >= 15 is 0 Å². The Bertz CT molecular complexity index is 1150. The maximum atomic E-state index is 12.9. The van der Waals surface area contributed by atoms with Gasteiger partial charge in [-0.05, 0) is 71.3 Å². The third-order valence-corrected chi connectivity index (χ3v) is 6.08. The van der Waals surface area contributed by atoms with Gasteiger partial charge >= 0.3 is 11.9 Å². The van der Waals surface area contributed by atoms with Crippen molar-refractivity contribution in [3.8, 4) is 11.5 Å². The summed E-state index contributed by atoms with van der Waals surface area (Å²) in [5.74, 6) is 0.119. The molecule has 0 aliphatic heterocycles. The quantitative estimate of drug-likeness (QED) is 0.177. The van der Waals surface area contributed by atoms with Crippen LogP contribution >= 0.6 is 11.8 Å². The summed E-state index contributed by atoms with van der Waals surface area (Å²) in [7, 11) is 0. The molecule has 11 heteroatoms. The Hall–Kier alpha value is -2.89. The summed E-state index contributed by atoms with van der Waals surface area (Å²) < 4.78 is 85.6. The lowest BCUT2D eigenvalue weighted by molar-refractivity contribution is -0.274. The number of aliphatic hydroxyl groups excluding tert-OH is 1. The molecule has 0 aliphatic rings. The summed E-state index contributed by atoms with van der Waals surface area (Å²) in [5, 5.41) is 13.5. The molecule has 3 rings (SSSR count). The van der Waals surface area contributed by atoms with Crippen LogP contribution in [0.1, 0.15) is 42.5 Å². The predicted molar refractivity (Wildman–Crippen MR) is 133 cm³/mol. The number of alkyl halides is 6. The SMILES string of the molecule is CCCC(O)CNC(c1cccc(OCc2ccc(OC(F)(F)F)cc2)c1)c1cccc(SC(F)(F)F)c1. The highest BCUT2D eigenvalue weighted by atomic mass is 32.2. The van der Waals surface area contributed by atoms with Crippen molar-refractivity contribution in [3.63, 3.8) is 0 Å². The van der Waals surface area contributed by atoms with Crippen molar-refractivity contribution in [3.05, 3.63) is 89.5 Å². The van der Waals surface area contributed by atoms with E-state index in [4.69, 9.17) is 4.74 Å². The van der Waals surface area contributed by atoms with Crippen LogP contribution in [0, 0.1) is 0 Å². The summed E-state index contributed by atoms with van der Waals surface area (Å²) in [6, 6.07) is 17.8. The van der Waals surface area contributed by atoms with Gasteiger partial charge in [-0.2, -0.15) is 13.2 Å². The third-order valence-electron chi connectivity index (χ3n) is 5.36. The standard InChI is InChI=1S/C27H27F6NO3S/c1-2-5-21(35)16-34-25(20-7-4-9-24(15-20)38-27(31,32)33)19-6-3-8-23(14-19)36-17-18-10-12-22(13-11-18)37-26(28,29)30/h3-4,6-15,21,25,34-35H,2,5,16-17H2,1H3. The van der Waals surface area contributed by atoms with Crippen molar-refractivity contribution in [1.29, 1.82) is 0 Å². The molecule has 0 saturated carbocycles. The van der Waals surface area contributed by atoms with Crippen LogP contribution in [0.3, 0.4) is 0 Å². The van der Waals surface area contributed by atoms with Crippen molar-refractivity contribution in [1.82, 2.24) is 5.32 Å². The molecular weight excluding hydrogens is 532 g/mol. The lowest BCUT2D eigenvalue weighted by Gasteiger charge is -2.23. The Balaban J connectivity index is 1.78. The minimum atomic E-state index is -4.78. The average molecular weight is 560 g/mol. The second kappa shape index (κ2) is 13.3. The van der Waals surface area contributed by atoms with Crippen molar-refractivity contribution in [2.24, 2.45) is 0 Å². The van der Waals surface area contributed by atoms with Gasteiger partial charge in [0.15, 0.2) is 0 Å². The van der Waals surface area contributed by atoms with E-state index in [0.717, 1.165) is 6.42 Å². The first-order chi connectivity index (χ1) is 17.9. The molecule has 4 nitrogen and oxygen atoms in total. The number of hydrogen-bond donors (Lipinski definition) is 2. The molecule has 38 heavy (non-hydrogen) atoms. The van der Waals surface area contributed by atoms with Gasteiger partial charge in [0.05, 0.1) is 12.1 Å². The summed E-state index contributed by atoms with van der Waals surface area (Å²) in [6.45, 7) is 2.24. The predicted octanol–water partition coefficient (Wildman–Crippen LogP) is 7.62. The van der Waals surface area contributed by atoms with Crippen LogP contribution < -0.4 is 14.8 Å². The molecule has 0 aliphatic carbocycles. The summed E-state index contributed by atoms with van der Waals surface area (Å²) in [4.78, 5) is 0.0428. The number of nitrogens with one attached hydrogen (secondary N) is 1. The monoisotopic (exact) mass is 559 g/mol. The molecule has 2 atom stereocenters. The van der Waals surface area contributed by atoms with Gasteiger partial charge < -0.3 is 19.9 Å². The molecule has 0 saturated heterocycles. The lowest BCUT2D eigenvalue weighted by atomic mass is 9.98. The maximum Gasteiger partial charge on any atom is 0.573 e. The summed E-state index contributed by atoms with van der Waals surface area (Å²) in [5.41, 5.74) is -2.53. The molecule has 0 fully saturated rings. The topological polar surface area (TPSA) is 50.7 Å². The maximum absolute atomic E-state index is 12.9. The third kappa shape index (κ3) is 10.1. The fourth-order valence-corrected chi connectivity index (χ4v) is 4.36. The van der Waals surface area contributed by atoms with Crippen LogP contribution in [0.25, 0.3) is 0 Å². The number of hydrogen-bond acceptors (Lipinski definition) is 5. The van der Waals surface area contributed by atoms with Crippen molar-refractivity contribution >= 4 is 11.8 Å². The fraction of sp³-hybridized carbons (Fsp3) is 0.333. The molecule has 0 heterocycles. The smallest absolute Gasteiger partial charge is 0.489 e. The van der Waals surface area contributed by atoms with Crippen molar-refractivity contribution in [2.75, 3.05) is 6.54 Å². The normalized spacial score (nSPS) is 13.7. The van der Waals surface area contributed by atoms with Gasteiger partial charge in [-0.25, -0.2) is 0 Å². The number of aliphatic hydroxyl groups is 1. The van der Waals surface area contributed by atoms with Crippen molar-refractivity contribution in [2.45, 2.75) is 55.3 Å². The zero-order valence-corrected chi connectivity index (χ0v) is 21.2. The van der Waals surface area contributed by atoms with Gasteiger partial charge in [-0.15, -0.1) is 13.2 Å². The highest BCUT2D eigenvalue weighted by Gasteiger charge is 2.31. The van der Waals surface area contributed by atoms with Crippen LogP contribution in [-0.2, 0) is 6.61 Å². The zero-order valence-electron chi connectivity index (χ0n) is 20.4. The zero-order chi connectivity index (χ0) is 27.8. The molecule has 3 aromatic rings. The first kappa shape index (κ1) is 29.7. The van der Waals surface area contributed by atoms with Gasteiger partial charge in [0, 0.05) is 11.4 Å². The summed E-state index contributed by atoms with van der Waals surface area (Å²) >= 11 is -0.200. The average Bonchev–Trinajstić information content (AvgIpc) is 2.82. The molecule has 206 valence electrons. The largest absolute Gasteiger partial charge is 0.573 e. The van der Waals surface area contributed by atoms with Crippen LogP contribution in [0.5, 0.6) is 11.5 Å². The number of halogens is 6. The Morgan fingerprint density at radius 2 is 1.53 bits per heavy atom. The number of benzene rings is 3. The fourth-order valence-electron chi connectivity index (χ4n) is 3.75. The van der Waals surface area contributed by atoms with Crippen LogP contribution in [0.2, 0.25) is 0 Å². The van der Waals surface area contributed by atoms with Crippen molar-refractivity contribution < 1.29 is 40.9 Å². The Kier molecular flexibility index (Phi) is 10.3. The molecule has 2 N–H and O–H groups in total. The van der Waals surface area contributed by atoms with E-state index in [1.807, 2.05) is 6.92 Å². The lowest BCUT2D eigenvalue weighted by Crippen LogP contribution is -2.31. The van der Waals surface area contributed by atoms with E-state index < -0.39 is 24.0 Å². The number of ether oxygens (including phenoxy) is 2. The van der Waals surface area contributed by atoms with E-state index in [0.29, 0.717) is 28.9 Å². The van der Waals surface area contributed by atoms with Crippen LogP contribution in [0.15, 0.2) is 77.7 Å². The molecular formula is C27H27F6NO3S. The van der Waals surface area contributed by atoms with Gasteiger partial charge in [-0.1, -0.05) is 49.7 Å². The van der Waals surface area contributed by atoms with Crippen LogP contribution in [0.4, 0.5) is 26.3 Å². The van der Waals surface area contributed by atoms with Gasteiger partial charge in [0.2, 0.25) is 0 Å². The van der Waals surface area contributed by atoms with E-state index in [1.54, 1.807) is 36.4 Å². The van der Waals surface area contributed by atoms with E-state index in [-0.39, 0.29) is 35.6 Å². The Morgan fingerprint density at radius 3 is 2.16 bits per heavy atom. The minimum Gasteiger partial charge on any atom is -0.489 e. The van der Waals surface area contributed by atoms with E-state index in [9.17, 15) is 31.4 Å². The van der Waals surface area contributed by atoms with Gasteiger partial charge in [0.25, 0.3) is 0 Å². The van der Waals surface area contributed by atoms with E-state index in [2.05, 4.69) is 10.1 Å². The van der Waals surface area contributed by atoms with Gasteiger partial charge in [-0.3, -0.25) is 0 Å². The highest BCUT2D eigenvalue weighted by Crippen LogP contribution is 2.38. The molecule has 0 radical (unpaired) electrons. The first-order valence-electron chi connectivity index (χ1n) is 11.8. The Labute approximate surface area is 221 Å². The molecule has 0 spiro atoms. The Morgan fingerprint density at radius 1 is 0.868 bits per heavy atom. The van der Waals surface area contributed by atoms with E-state index in [1.165, 1.54) is 36.4 Å². The highest BCUT2D eigenvalue weighted by molar-refractivity contribution is 8.00. The second-order valence-corrected chi connectivity index (χ2v) is 9.60. The number of thioether (sulfide) groups is 1. The molecule has 0 aromatic heterocycles. The second-order valence-electron chi connectivity index (χ2n) is 8.46. The first-order valence-corrected chi connectivity index (χ1v) is 12.6. The van der Waals surface area contributed by atoms with Crippen LogP contribution in [-0.4, -0.2) is 29.6 Å². The molecule has 0 amide bonds. The molecule has 3 aromatic carbocycles. The number of rotatable bonds is 12. The van der Waals surface area contributed by atoms with Gasteiger partial charge in [0.1, 0.15) is 18.1 Å². The summed E-state index contributed by atoms with van der Waals surface area (Å²) in [6.07, 6.45) is -4.06. The molecule has 0 bridgehead atoms. The minimum absolute atomic E-state index is 0.0428. The molecule has 2 unspecified atom stereocenters.